The number of hydrogen-bond acceptors (Lipinski definition) is 5. The van der Waals surface area contributed by atoms with E-state index in [0.717, 1.165) is 11.3 Å². The second-order valence-electron chi connectivity index (χ2n) is 6.18. The van der Waals surface area contributed by atoms with Gasteiger partial charge in [0.2, 0.25) is 5.78 Å². The van der Waals surface area contributed by atoms with Gasteiger partial charge >= 0.3 is 0 Å². The van der Waals surface area contributed by atoms with Gasteiger partial charge in [-0.15, -0.1) is 0 Å². The van der Waals surface area contributed by atoms with Crippen molar-refractivity contribution in [2.45, 2.75) is 6.92 Å². The lowest BCUT2D eigenvalue weighted by molar-refractivity contribution is 0.0975. The molecule has 26 heavy (non-hydrogen) atoms. The van der Waals surface area contributed by atoms with E-state index in [4.69, 9.17) is 0 Å². The summed E-state index contributed by atoms with van der Waals surface area (Å²) in [4.78, 5) is 25.9. The number of carbonyl (C=O) groups excluding carboxylic acids is 2. The Hall–Kier alpha value is -3.60. The first kappa shape index (κ1) is 15.9. The summed E-state index contributed by atoms with van der Waals surface area (Å²) < 4.78 is 0. The van der Waals surface area contributed by atoms with Gasteiger partial charge in [0.1, 0.15) is 11.5 Å². The van der Waals surface area contributed by atoms with Crippen molar-refractivity contribution in [1.29, 1.82) is 0 Å². The number of carbonyl (C=O) groups is 2. The molecule has 4 rings (SSSR count). The van der Waals surface area contributed by atoms with Crippen molar-refractivity contribution in [1.82, 2.24) is 0 Å². The molecule has 128 valence electrons. The first-order valence-corrected chi connectivity index (χ1v) is 8.09. The van der Waals surface area contributed by atoms with Gasteiger partial charge in [-0.2, -0.15) is 0 Å². The molecule has 0 aromatic heterocycles. The van der Waals surface area contributed by atoms with Gasteiger partial charge in [-0.3, -0.25) is 9.59 Å². The second kappa shape index (κ2) is 5.74. The molecule has 0 saturated carbocycles. The fourth-order valence-electron chi connectivity index (χ4n) is 3.25. The molecule has 0 unspecified atom stereocenters. The molecule has 5 nitrogen and oxygen atoms in total. The molecule has 0 radical (unpaired) electrons. The van der Waals surface area contributed by atoms with Crippen LogP contribution >= 0.6 is 0 Å². The van der Waals surface area contributed by atoms with Crippen LogP contribution in [0.1, 0.15) is 37.4 Å². The van der Waals surface area contributed by atoms with E-state index in [-0.39, 0.29) is 33.8 Å². The van der Waals surface area contributed by atoms with E-state index < -0.39 is 11.6 Å². The minimum Gasteiger partial charge on any atom is -0.507 e. The number of ketones is 2. The van der Waals surface area contributed by atoms with Gasteiger partial charge in [0, 0.05) is 11.3 Å². The minimum atomic E-state index is -0.571. The lowest BCUT2D eigenvalue weighted by atomic mass is 9.82. The molecule has 0 fully saturated rings. The fourth-order valence-corrected chi connectivity index (χ4v) is 3.25. The molecule has 3 aromatic carbocycles. The number of hydrogen-bond donors (Lipinski definition) is 3. The van der Waals surface area contributed by atoms with Crippen LogP contribution in [0.3, 0.4) is 0 Å². The van der Waals surface area contributed by atoms with Crippen molar-refractivity contribution in [3.63, 3.8) is 0 Å². The Kier molecular flexibility index (Phi) is 3.51. The molecular weight excluding hydrogens is 330 g/mol. The maximum absolute atomic E-state index is 13.0. The van der Waals surface area contributed by atoms with Gasteiger partial charge in [-0.05, 0) is 36.8 Å². The Morgan fingerprint density at radius 1 is 0.692 bits per heavy atom. The Morgan fingerprint density at radius 3 is 2.19 bits per heavy atom. The summed E-state index contributed by atoms with van der Waals surface area (Å²) >= 11 is 0. The average molecular weight is 345 g/mol. The topological polar surface area (TPSA) is 86.6 Å². The van der Waals surface area contributed by atoms with Crippen molar-refractivity contribution in [3.05, 3.63) is 82.4 Å². The number of para-hydroxylation sites is 1. The van der Waals surface area contributed by atoms with Crippen LogP contribution in [-0.4, -0.2) is 21.8 Å². The molecule has 3 aromatic rings. The predicted molar refractivity (Wildman–Crippen MR) is 97.5 cm³/mol. The summed E-state index contributed by atoms with van der Waals surface area (Å²) in [6.07, 6.45) is 0. The molecule has 0 amide bonds. The van der Waals surface area contributed by atoms with Crippen molar-refractivity contribution in [3.8, 4) is 11.5 Å². The summed E-state index contributed by atoms with van der Waals surface area (Å²) in [5.74, 6) is -1.55. The molecule has 1 aliphatic rings. The van der Waals surface area contributed by atoms with Crippen LogP contribution in [0.2, 0.25) is 0 Å². The van der Waals surface area contributed by atoms with Crippen LogP contribution in [0.4, 0.5) is 11.4 Å². The lowest BCUT2D eigenvalue weighted by Gasteiger charge is -2.22. The molecule has 0 saturated heterocycles. The highest BCUT2D eigenvalue weighted by Gasteiger charge is 2.36. The van der Waals surface area contributed by atoms with Crippen molar-refractivity contribution in [2.24, 2.45) is 0 Å². The van der Waals surface area contributed by atoms with Crippen LogP contribution in [0.25, 0.3) is 0 Å². The molecule has 0 spiro atoms. The fraction of sp³-hybridized carbons (Fsp3) is 0.0476. The predicted octanol–water partition coefficient (Wildman–Crippen LogP) is 3.93. The van der Waals surface area contributed by atoms with Gasteiger partial charge in [-0.25, -0.2) is 0 Å². The number of phenols is 2. The number of anilines is 2. The largest absolute Gasteiger partial charge is 0.507 e. The van der Waals surface area contributed by atoms with E-state index >= 15 is 0 Å². The second-order valence-corrected chi connectivity index (χ2v) is 6.18. The van der Waals surface area contributed by atoms with Crippen LogP contribution in [-0.2, 0) is 0 Å². The maximum Gasteiger partial charge on any atom is 0.202 e. The number of phenolic OH excluding ortho intramolecular Hbond substituents is 2. The van der Waals surface area contributed by atoms with Crippen molar-refractivity contribution >= 4 is 22.9 Å². The minimum absolute atomic E-state index is 0.0756. The molecule has 0 bridgehead atoms. The smallest absolute Gasteiger partial charge is 0.202 e. The average Bonchev–Trinajstić information content (AvgIpc) is 2.62. The Bertz CT molecular complexity index is 1090. The third-order valence-electron chi connectivity index (χ3n) is 4.57. The maximum atomic E-state index is 13.0. The monoisotopic (exact) mass is 345 g/mol. The van der Waals surface area contributed by atoms with Crippen LogP contribution in [0.15, 0.2) is 54.6 Å². The Morgan fingerprint density at radius 2 is 1.42 bits per heavy atom. The van der Waals surface area contributed by atoms with Crippen LogP contribution in [0, 0.1) is 6.92 Å². The highest BCUT2D eigenvalue weighted by molar-refractivity contribution is 6.32. The zero-order valence-corrected chi connectivity index (χ0v) is 13.9. The van der Waals surface area contributed by atoms with E-state index in [1.807, 2.05) is 31.2 Å². The van der Waals surface area contributed by atoms with Gasteiger partial charge < -0.3 is 15.5 Å². The molecule has 5 heteroatoms. The first-order chi connectivity index (χ1) is 12.5. The normalized spacial score (nSPS) is 12.5. The molecule has 1 aliphatic carbocycles. The third-order valence-corrected chi connectivity index (χ3v) is 4.57. The number of fused-ring (bicyclic) bond motifs is 2. The van der Waals surface area contributed by atoms with Crippen molar-refractivity contribution in [2.75, 3.05) is 5.32 Å². The number of nitrogens with one attached hydrogen (secondary N) is 1. The zero-order chi connectivity index (χ0) is 18.4. The number of aryl methyl sites for hydroxylation is 1. The Balaban J connectivity index is 1.93. The van der Waals surface area contributed by atoms with Gasteiger partial charge in [0.25, 0.3) is 0 Å². The zero-order valence-electron chi connectivity index (χ0n) is 13.9. The van der Waals surface area contributed by atoms with Gasteiger partial charge in [0.15, 0.2) is 5.78 Å². The molecule has 3 N–H and O–H groups in total. The standard InChI is InChI=1S/C21H15NO4/c1-11-5-2-3-7-13(11)22-14-9-10-16(24)19-18(14)20(25)12-6-4-8-15(23)17(12)21(19)26/h2-10,22-24H,1H3. The Labute approximate surface area is 149 Å². The van der Waals surface area contributed by atoms with E-state index in [0.29, 0.717) is 5.69 Å². The number of benzene rings is 3. The SMILES string of the molecule is Cc1ccccc1Nc1ccc(O)c2c1C(=O)c1cccc(O)c1C2=O. The summed E-state index contributed by atoms with van der Waals surface area (Å²) in [5.41, 5.74) is 2.26. The summed E-state index contributed by atoms with van der Waals surface area (Å²) in [6, 6.07) is 14.9. The molecule has 0 heterocycles. The van der Waals surface area contributed by atoms with Crippen LogP contribution < -0.4 is 5.32 Å². The summed E-state index contributed by atoms with van der Waals surface area (Å²) in [7, 11) is 0. The highest BCUT2D eigenvalue weighted by atomic mass is 16.3. The van der Waals surface area contributed by atoms with Gasteiger partial charge in [-0.1, -0.05) is 30.3 Å². The van der Waals surface area contributed by atoms with E-state index in [1.165, 1.54) is 24.3 Å². The van der Waals surface area contributed by atoms with E-state index in [1.54, 1.807) is 6.07 Å². The summed E-state index contributed by atoms with van der Waals surface area (Å²) in [6.45, 7) is 1.93. The molecule has 0 atom stereocenters. The molecule has 0 aliphatic heterocycles. The number of aromatic hydroxyl groups is 2. The first-order valence-electron chi connectivity index (χ1n) is 8.09. The van der Waals surface area contributed by atoms with Crippen molar-refractivity contribution < 1.29 is 19.8 Å². The lowest BCUT2D eigenvalue weighted by Crippen LogP contribution is -2.22. The molecular formula is C21H15NO4. The van der Waals surface area contributed by atoms with Crippen LogP contribution in [0.5, 0.6) is 11.5 Å². The number of rotatable bonds is 2. The highest BCUT2D eigenvalue weighted by Crippen LogP contribution is 2.40. The quantitative estimate of drug-likeness (QED) is 0.479. The summed E-state index contributed by atoms with van der Waals surface area (Å²) in [5, 5.41) is 23.4. The third kappa shape index (κ3) is 2.25. The van der Waals surface area contributed by atoms with E-state index in [9.17, 15) is 19.8 Å². The van der Waals surface area contributed by atoms with E-state index in [2.05, 4.69) is 5.32 Å². The van der Waals surface area contributed by atoms with Gasteiger partial charge in [0.05, 0.1) is 22.4 Å².